The van der Waals surface area contributed by atoms with Crippen LogP contribution in [0, 0.1) is 5.92 Å². The van der Waals surface area contributed by atoms with E-state index in [1.807, 2.05) is 13.8 Å². The Morgan fingerprint density at radius 3 is 2.50 bits per heavy atom. The maximum Gasteiger partial charge on any atom is 0.257 e. The lowest BCUT2D eigenvalue weighted by Gasteiger charge is -2.09. The van der Waals surface area contributed by atoms with Crippen LogP contribution in [0.15, 0.2) is 24.3 Å². The van der Waals surface area contributed by atoms with Crippen LogP contribution in [0.5, 0.6) is 5.75 Å². The van der Waals surface area contributed by atoms with Gasteiger partial charge in [0.15, 0.2) is 6.61 Å². The summed E-state index contributed by atoms with van der Waals surface area (Å²) in [5, 5.41) is 2.78. The molecule has 1 aromatic carbocycles. The van der Waals surface area contributed by atoms with Crippen LogP contribution in [-0.4, -0.2) is 24.0 Å². The molecule has 0 aliphatic carbocycles. The Balaban J connectivity index is 2.39. The molecule has 0 heterocycles. The van der Waals surface area contributed by atoms with Crippen molar-refractivity contribution < 1.29 is 9.53 Å². The van der Waals surface area contributed by atoms with Crippen LogP contribution in [0.3, 0.4) is 0 Å². The van der Waals surface area contributed by atoms with Crippen molar-refractivity contribution in [2.45, 2.75) is 13.8 Å². The summed E-state index contributed by atoms with van der Waals surface area (Å²) < 4.78 is 5.34. The average Bonchev–Trinajstić information content (AvgIpc) is 2.34. The van der Waals surface area contributed by atoms with Gasteiger partial charge in [0.1, 0.15) is 10.7 Å². The lowest BCUT2D eigenvalue weighted by Crippen LogP contribution is -2.31. The van der Waals surface area contributed by atoms with E-state index in [1.54, 1.807) is 24.3 Å². The highest BCUT2D eigenvalue weighted by Crippen LogP contribution is 2.11. The first-order valence-corrected chi connectivity index (χ1v) is 6.19. The van der Waals surface area contributed by atoms with Crippen molar-refractivity contribution in [1.82, 2.24) is 5.32 Å². The third-order valence-corrected chi connectivity index (χ3v) is 2.45. The first kappa shape index (κ1) is 14.4. The van der Waals surface area contributed by atoms with E-state index in [0.29, 0.717) is 23.2 Å². The van der Waals surface area contributed by atoms with Crippen molar-refractivity contribution in [2.75, 3.05) is 13.2 Å². The molecule has 0 aliphatic heterocycles. The SMILES string of the molecule is CC(C)CNC(=O)COc1ccc(C(N)=S)cc1. The molecule has 1 aromatic rings. The van der Waals surface area contributed by atoms with Gasteiger partial charge in [0, 0.05) is 12.1 Å². The van der Waals surface area contributed by atoms with Gasteiger partial charge in [-0.15, -0.1) is 0 Å². The van der Waals surface area contributed by atoms with Gasteiger partial charge in [-0.1, -0.05) is 26.1 Å². The summed E-state index contributed by atoms with van der Waals surface area (Å²) in [5.41, 5.74) is 6.26. The Hall–Kier alpha value is -1.62. The predicted molar refractivity (Wildman–Crippen MR) is 75.7 cm³/mol. The van der Waals surface area contributed by atoms with Gasteiger partial charge in [-0.05, 0) is 30.2 Å². The van der Waals surface area contributed by atoms with Crippen LogP contribution in [0.4, 0.5) is 0 Å². The second kappa shape index (κ2) is 6.96. The summed E-state index contributed by atoms with van der Waals surface area (Å²) in [7, 11) is 0. The molecule has 0 atom stereocenters. The predicted octanol–water partition coefficient (Wildman–Crippen LogP) is 1.47. The van der Waals surface area contributed by atoms with Crippen molar-refractivity contribution in [1.29, 1.82) is 0 Å². The Morgan fingerprint density at radius 1 is 1.39 bits per heavy atom. The van der Waals surface area contributed by atoms with Gasteiger partial charge in [-0.2, -0.15) is 0 Å². The molecule has 1 amide bonds. The number of amides is 1. The smallest absolute Gasteiger partial charge is 0.257 e. The molecular formula is C13H18N2O2S. The molecule has 0 fully saturated rings. The molecule has 0 unspecified atom stereocenters. The molecule has 0 aliphatic rings. The van der Waals surface area contributed by atoms with E-state index in [0.717, 1.165) is 5.56 Å². The number of rotatable bonds is 6. The molecule has 4 nitrogen and oxygen atoms in total. The van der Waals surface area contributed by atoms with Crippen molar-refractivity contribution in [3.05, 3.63) is 29.8 Å². The van der Waals surface area contributed by atoms with E-state index in [9.17, 15) is 4.79 Å². The third kappa shape index (κ3) is 5.14. The molecule has 1 rings (SSSR count). The minimum atomic E-state index is -0.123. The lowest BCUT2D eigenvalue weighted by atomic mass is 10.2. The molecule has 0 bridgehead atoms. The molecule has 0 radical (unpaired) electrons. The summed E-state index contributed by atoms with van der Waals surface area (Å²) in [6.07, 6.45) is 0. The van der Waals surface area contributed by atoms with Gasteiger partial charge in [0.05, 0.1) is 0 Å². The molecule has 5 heteroatoms. The summed E-state index contributed by atoms with van der Waals surface area (Å²) >= 11 is 4.84. The average molecular weight is 266 g/mol. The lowest BCUT2D eigenvalue weighted by molar-refractivity contribution is -0.123. The minimum Gasteiger partial charge on any atom is -0.484 e. The zero-order valence-electron chi connectivity index (χ0n) is 10.6. The number of benzene rings is 1. The van der Waals surface area contributed by atoms with E-state index >= 15 is 0 Å². The molecule has 3 N–H and O–H groups in total. The van der Waals surface area contributed by atoms with Crippen molar-refractivity contribution in [3.8, 4) is 5.75 Å². The second-order valence-electron chi connectivity index (χ2n) is 4.38. The number of carbonyl (C=O) groups excluding carboxylic acids is 1. The number of ether oxygens (including phenoxy) is 1. The quantitative estimate of drug-likeness (QED) is 0.765. The number of thiocarbonyl (C=S) groups is 1. The van der Waals surface area contributed by atoms with Gasteiger partial charge in [-0.25, -0.2) is 0 Å². The Labute approximate surface area is 113 Å². The summed E-state index contributed by atoms with van der Waals surface area (Å²) in [4.78, 5) is 11.8. The highest BCUT2D eigenvalue weighted by Gasteiger charge is 2.04. The minimum absolute atomic E-state index is 0.0130. The standard InChI is InChI=1S/C13H18N2O2S/c1-9(2)7-15-12(16)8-17-11-5-3-10(4-6-11)13(14)18/h3-6,9H,7-8H2,1-2H3,(H2,14,18)(H,15,16). The Morgan fingerprint density at radius 2 is 2.00 bits per heavy atom. The van der Waals surface area contributed by atoms with Crippen LogP contribution < -0.4 is 15.8 Å². The monoisotopic (exact) mass is 266 g/mol. The molecule has 98 valence electrons. The number of hydrogen-bond donors (Lipinski definition) is 2. The second-order valence-corrected chi connectivity index (χ2v) is 4.82. The zero-order chi connectivity index (χ0) is 13.5. The van der Waals surface area contributed by atoms with Gasteiger partial charge in [0.25, 0.3) is 5.91 Å². The Bertz CT molecular complexity index is 416. The van der Waals surface area contributed by atoms with Crippen LogP contribution in [0.25, 0.3) is 0 Å². The molecule has 0 saturated heterocycles. The van der Waals surface area contributed by atoms with E-state index in [1.165, 1.54) is 0 Å². The number of carbonyl (C=O) groups is 1. The van der Waals surface area contributed by atoms with Crippen molar-refractivity contribution in [3.63, 3.8) is 0 Å². The normalized spacial score (nSPS) is 10.2. The van der Waals surface area contributed by atoms with E-state index in [2.05, 4.69) is 5.32 Å². The molecule has 0 spiro atoms. The van der Waals surface area contributed by atoms with E-state index in [-0.39, 0.29) is 12.5 Å². The largest absolute Gasteiger partial charge is 0.484 e. The van der Waals surface area contributed by atoms with Gasteiger partial charge >= 0.3 is 0 Å². The van der Waals surface area contributed by atoms with Gasteiger partial charge in [-0.3, -0.25) is 4.79 Å². The first-order chi connectivity index (χ1) is 8.49. The summed E-state index contributed by atoms with van der Waals surface area (Å²) in [6.45, 7) is 4.74. The number of hydrogen-bond acceptors (Lipinski definition) is 3. The van der Waals surface area contributed by atoms with Crippen LogP contribution in [-0.2, 0) is 4.79 Å². The fraction of sp³-hybridized carbons (Fsp3) is 0.385. The summed E-state index contributed by atoms with van der Waals surface area (Å²) in [5.74, 6) is 0.926. The fourth-order valence-corrected chi connectivity index (χ4v) is 1.37. The van der Waals surface area contributed by atoms with E-state index < -0.39 is 0 Å². The topological polar surface area (TPSA) is 64.3 Å². The number of nitrogens with one attached hydrogen (secondary N) is 1. The zero-order valence-corrected chi connectivity index (χ0v) is 11.4. The maximum atomic E-state index is 11.4. The molecule has 18 heavy (non-hydrogen) atoms. The van der Waals surface area contributed by atoms with Crippen molar-refractivity contribution in [2.24, 2.45) is 11.7 Å². The Kier molecular flexibility index (Phi) is 5.58. The summed E-state index contributed by atoms with van der Waals surface area (Å²) in [6, 6.07) is 7.02. The molecular weight excluding hydrogens is 248 g/mol. The van der Waals surface area contributed by atoms with E-state index in [4.69, 9.17) is 22.7 Å². The number of nitrogens with two attached hydrogens (primary N) is 1. The van der Waals surface area contributed by atoms with Crippen LogP contribution in [0.2, 0.25) is 0 Å². The van der Waals surface area contributed by atoms with Crippen LogP contribution in [0.1, 0.15) is 19.4 Å². The van der Waals surface area contributed by atoms with Gasteiger partial charge in [0.2, 0.25) is 0 Å². The molecule has 0 aromatic heterocycles. The maximum absolute atomic E-state index is 11.4. The molecule has 0 saturated carbocycles. The van der Waals surface area contributed by atoms with Gasteiger partial charge < -0.3 is 15.8 Å². The highest BCUT2D eigenvalue weighted by atomic mass is 32.1. The highest BCUT2D eigenvalue weighted by molar-refractivity contribution is 7.80. The van der Waals surface area contributed by atoms with Crippen molar-refractivity contribution >= 4 is 23.1 Å². The van der Waals surface area contributed by atoms with Crippen LogP contribution >= 0.6 is 12.2 Å². The third-order valence-electron chi connectivity index (χ3n) is 2.22. The first-order valence-electron chi connectivity index (χ1n) is 5.78. The fourth-order valence-electron chi connectivity index (χ4n) is 1.23.